The molecular formula is C18H33IN4OS. The van der Waals surface area contributed by atoms with E-state index in [0.717, 1.165) is 64.7 Å². The normalized spacial score (nSPS) is 14.7. The highest BCUT2D eigenvalue weighted by molar-refractivity contribution is 14.0. The number of nitrogens with one attached hydrogen (secondary N) is 2. The van der Waals surface area contributed by atoms with Crippen molar-refractivity contribution in [3.8, 4) is 0 Å². The second kappa shape index (κ2) is 13.8. The smallest absolute Gasteiger partial charge is 0.191 e. The summed E-state index contributed by atoms with van der Waals surface area (Å²) in [6, 6.07) is 2.27. The highest BCUT2D eigenvalue weighted by Gasteiger charge is 2.16. The molecule has 0 amide bonds. The number of halogens is 1. The number of hydrogen-bond donors (Lipinski definition) is 2. The number of thiophene rings is 1. The van der Waals surface area contributed by atoms with E-state index in [1.54, 1.807) is 4.88 Å². The Morgan fingerprint density at radius 2 is 2.08 bits per heavy atom. The van der Waals surface area contributed by atoms with Crippen molar-refractivity contribution < 1.29 is 4.74 Å². The molecule has 1 aromatic heterocycles. The Morgan fingerprint density at radius 1 is 1.28 bits per heavy atom. The van der Waals surface area contributed by atoms with Crippen LogP contribution >= 0.6 is 35.3 Å². The first-order chi connectivity index (χ1) is 11.8. The molecule has 2 heterocycles. The van der Waals surface area contributed by atoms with Gasteiger partial charge in [0.15, 0.2) is 5.96 Å². The molecule has 7 heteroatoms. The van der Waals surface area contributed by atoms with E-state index in [1.807, 2.05) is 18.4 Å². The van der Waals surface area contributed by atoms with Crippen LogP contribution in [0.4, 0.5) is 0 Å². The van der Waals surface area contributed by atoms with E-state index in [2.05, 4.69) is 38.9 Å². The Morgan fingerprint density at radius 3 is 2.88 bits per heavy atom. The van der Waals surface area contributed by atoms with Crippen molar-refractivity contribution in [2.45, 2.75) is 39.2 Å². The summed E-state index contributed by atoms with van der Waals surface area (Å²) in [4.78, 5) is 8.36. The van der Waals surface area contributed by atoms with E-state index in [1.165, 1.54) is 18.4 Å². The lowest BCUT2D eigenvalue weighted by atomic mass is 10.1. The van der Waals surface area contributed by atoms with Crippen LogP contribution in [0.25, 0.3) is 0 Å². The number of ether oxygens (including phenoxy) is 1. The first-order valence-corrected chi connectivity index (χ1v) is 10.0. The van der Waals surface area contributed by atoms with E-state index < -0.39 is 0 Å². The van der Waals surface area contributed by atoms with Gasteiger partial charge >= 0.3 is 0 Å². The standard InChI is InChI=1S/C18H32N4OS.HI/c1-3-4-12-23-13-5-8-20-18(19-2)21-9-11-22-10-6-17-16(15-22)7-14-24-17;/h7,14H,3-6,8-13,15H2,1-2H3,(H2,19,20,21);1H. The Balaban J connectivity index is 0.00000312. The van der Waals surface area contributed by atoms with E-state index in [-0.39, 0.29) is 24.0 Å². The average molecular weight is 480 g/mol. The maximum atomic E-state index is 5.57. The highest BCUT2D eigenvalue weighted by Crippen LogP contribution is 2.23. The number of rotatable bonds is 10. The van der Waals surface area contributed by atoms with Crippen LogP contribution in [0, 0.1) is 0 Å². The van der Waals surface area contributed by atoms with E-state index in [0.29, 0.717) is 0 Å². The molecule has 0 saturated carbocycles. The number of guanidine groups is 1. The third kappa shape index (κ3) is 8.70. The number of nitrogens with zero attached hydrogens (tertiary/aromatic N) is 2. The van der Waals surface area contributed by atoms with Gasteiger partial charge in [0.25, 0.3) is 0 Å². The summed E-state index contributed by atoms with van der Waals surface area (Å²) in [7, 11) is 1.83. The lowest BCUT2D eigenvalue weighted by molar-refractivity contribution is 0.129. The van der Waals surface area contributed by atoms with Crippen LogP contribution in [0.15, 0.2) is 16.4 Å². The van der Waals surface area contributed by atoms with Crippen LogP contribution in [0.2, 0.25) is 0 Å². The molecule has 0 unspecified atom stereocenters. The van der Waals surface area contributed by atoms with Gasteiger partial charge in [0.1, 0.15) is 0 Å². The first kappa shape index (κ1) is 22.7. The van der Waals surface area contributed by atoms with Crippen molar-refractivity contribution in [2.24, 2.45) is 4.99 Å². The Labute approximate surface area is 173 Å². The Kier molecular flexibility index (Phi) is 12.5. The molecule has 25 heavy (non-hydrogen) atoms. The number of fused-ring (bicyclic) bond motifs is 1. The molecule has 1 aliphatic rings. The van der Waals surface area contributed by atoms with Crippen molar-refractivity contribution in [3.63, 3.8) is 0 Å². The third-order valence-corrected chi connectivity index (χ3v) is 5.25. The fourth-order valence-electron chi connectivity index (χ4n) is 2.78. The number of hydrogen-bond acceptors (Lipinski definition) is 4. The quantitative estimate of drug-likeness (QED) is 0.234. The minimum atomic E-state index is 0. The van der Waals surface area contributed by atoms with Gasteiger partial charge in [-0.1, -0.05) is 13.3 Å². The highest BCUT2D eigenvalue weighted by atomic mass is 127. The van der Waals surface area contributed by atoms with Crippen LogP contribution in [0.1, 0.15) is 36.6 Å². The topological polar surface area (TPSA) is 48.9 Å². The van der Waals surface area contributed by atoms with Crippen LogP contribution in [-0.4, -0.2) is 57.3 Å². The van der Waals surface area contributed by atoms with E-state index in [9.17, 15) is 0 Å². The van der Waals surface area contributed by atoms with E-state index >= 15 is 0 Å². The van der Waals surface area contributed by atoms with Crippen LogP contribution in [0.5, 0.6) is 0 Å². The zero-order chi connectivity index (χ0) is 17.0. The SMILES string of the molecule is CCCCOCCCNC(=NC)NCCN1CCc2sccc2C1.I. The van der Waals surface area contributed by atoms with Gasteiger partial charge in [-0.3, -0.25) is 9.89 Å². The van der Waals surface area contributed by atoms with Crippen molar-refractivity contribution in [1.82, 2.24) is 15.5 Å². The molecule has 0 aromatic carbocycles. The molecule has 1 aliphatic heterocycles. The van der Waals surface area contributed by atoms with Crippen LogP contribution in [-0.2, 0) is 17.7 Å². The largest absolute Gasteiger partial charge is 0.381 e. The minimum Gasteiger partial charge on any atom is -0.381 e. The van der Waals surface area contributed by atoms with Crippen molar-refractivity contribution >= 4 is 41.3 Å². The maximum absolute atomic E-state index is 5.57. The maximum Gasteiger partial charge on any atom is 0.191 e. The molecular weight excluding hydrogens is 447 g/mol. The van der Waals surface area contributed by atoms with E-state index in [4.69, 9.17) is 4.74 Å². The molecule has 2 N–H and O–H groups in total. The molecule has 0 bridgehead atoms. The molecule has 1 aromatic rings. The molecule has 0 aliphatic carbocycles. The van der Waals surface area contributed by atoms with Crippen molar-refractivity contribution in [1.29, 1.82) is 0 Å². The van der Waals surface area contributed by atoms with Crippen molar-refractivity contribution in [2.75, 3.05) is 46.4 Å². The summed E-state index contributed by atoms with van der Waals surface area (Å²) in [5.74, 6) is 0.886. The molecule has 0 atom stereocenters. The van der Waals surface area contributed by atoms with Gasteiger partial charge in [-0.15, -0.1) is 35.3 Å². The number of aliphatic imine (C=N–C) groups is 1. The van der Waals surface area contributed by atoms with Gasteiger partial charge in [0.2, 0.25) is 0 Å². The molecule has 0 spiro atoms. The predicted molar refractivity (Wildman–Crippen MR) is 118 cm³/mol. The molecule has 0 radical (unpaired) electrons. The first-order valence-electron chi connectivity index (χ1n) is 9.13. The second-order valence-electron chi connectivity index (χ2n) is 6.14. The van der Waals surface area contributed by atoms with Gasteiger partial charge in [0.05, 0.1) is 0 Å². The van der Waals surface area contributed by atoms with Gasteiger partial charge < -0.3 is 15.4 Å². The van der Waals surface area contributed by atoms with Gasteiger partial charge in [-0.2, -0.15) is 0 Å². The lowest BCUT2D eigenvalue weighted by Crippen LogP contribution is -2.42. The monoisotopic (exact) mass is 480 g/mol. The minimum absolute atomic E-state index is 0. The summed E-state index contributed by atoms with van der Waals surface area (Å²) in [6.45, 7) is 9.00. The summed E-state index contributed by atoms with van der Waals surface area (Å²) in [5, 5.41) is 8.97. The molecule has 144 valence electrons. The molecule has 2 rings (SSSR count). The van der Waals surface area contributed by atoms with Crippen LogP contribution < -0.4 is 10.6 Å². The predicted octanol–water partition coefficient (Wildman–Crippen LogP) is 3.10. The Bertz CT molecular complexity index is 495. The zero-order valence-electron chi connectivity index (χ0n) is 15.6. The average Bonchev–Trinajstić information content (AvgIpc) is 3.07. The third-order valence-electron chi connectivity index (χ3n) is 4.23. The zero-order valence-corrected chi connectivity index (χ0v) is 18.7. The summed E-state index contributed by atoms with van der Waals surface area (Å²) >= 11 is 1.90. The Hall–Kier alpha value is -0.380. The molecule has 0 fully saturated rings. The van der Waals surface area contributed by atoms with Gasteiger partial charge in [-0.05, 0) is 36.3 Å². The lowest BCUT2D eigenvalue weighted by Gasteiger charge is -2.27. The summed E-state index contributed by atoms with van der Waals surface area (Å²) in [6.07, 6.45) is 4.55. The summed E-state index contributed by atoms with van der Waals surface area (Å²) in [5.41, 5.74) is 1.51. The number of unbranched alkanes of at least 4 members (excludes halogenated alkanes) is 1. The van der Waals surface area contributed by atoms with Crippen molar-refractivity contribution in [3.05, 3.63) is 21.9 Å². The van der Waals surface area contributed by atoms with Gasteiger partial charge in [0, 0.05) is 57.9 Å². The fraction of sp³-hybridized carbons (Fsp3) is 0.722. The molecule has 5 nitrogen and oxygen atoms in total. The van der Waals surface area contributed by atoms with Gasteiger partial charge in [-0.25, -0.2) is 0 Å². The van der Waals surface area contributed by atoms with Crippen LogP contribution in [0.3, 0.4) is 0 Å². The fourth-order valence-corrected chi connectivity index (χ4v) is 3.67. The second-order valence-corrected chi connectivity index (χ2v) is 7.14. The molecule has 0 saturated heterocycles. The summed E-state index contributed by atoms with van der Waals surface area (Å²) < 4.78 is 5.57.